The van der Waals surface area contributed by atoms with Gasteiger partial charge in [-0.25, -0.2) is 0 Å². The van der Waals surface area contributed by atoms with Crippen molar-refractivity contribution < 1.29 is 9.90 Å². The number of hydrogen-bond acceptors (Lipinski definition) is 4. The molecule has 6 heteroatoms. The molecular formula is C14H27N3O2S. The highest BCUT2D eigenvalue weighted by Gasteiger charge is 2.21. The lowest BCUT2D eigenvalue weighted by Crippen LogP contribution is -2.40. The Morgan fingerprint density at radius 2 is 2.15 bits per heavy atom. The van der Waals surface area contributed by atoms with Crippen molar-refractivity contribution in [3.05, 3.63) is 0 Å². The quantitative estimate of drug-likeness (QED) is 0.679. The molecule has 1 amide bonds. The van der Waals surface area contributed by atoms with Gasteiger partial charge in [0.25, 0.3) is 0 Å². The van der Waals surface area contributed by atoms with Crippen LogP contribution < -0.4 is 5.73 Å². The molecule has 1 aliphatic heterocycles. The minimum atomic E-state index is 0.113. The molecule has 0 bridgehead atoms. The van der Waals surface area contributed by atoms with Gasteiger partial charge >= 0.3 is 0 Å². The van der Waals surface area contributed by atoms with Gasteiger partial charge in [-0.05, 0) is 19.4 Å². The van der Waals surface area contributed by atoms with Crippen LogP contribution in [0.15, 0.2) is 0 Å². The Kier molecular flexibility index (Phi) is 8.02. The number of aliphatic hydroxyl groups excluding tert-OH is 1. The summed E-state index contributed by atoms with van der Waals surface area (Å²) in [7, 11) is 1.78. The van der Waals surface area contributed by atoms with Crippen LogP contribution in [0.4, 0.5) is 0 Å². The predicted octanol–water partition coefficient (Wildman–Crippen LogP) is 0.748. The van der Waals surface area contributed by atoms with Crippen LogP contribution in [-0.4, -0.2) is 65.1 Å². The summed E-state index contributed by atoms with van der Waals surface area (Å²) < 4.78 is 0. The zero-order chi connectivity index (χ0) is 15.0. The molecular weight excluding hydrogens is 274 g/mol. The molecule has 0 aliphatic carbocycles. The Morgan fingerprint density at radius 1 is 1.40 bits per heavy atom. The summed E-state index contributed by atoms with van der Waals surface area (Å²) in [6.07, 6.45) is 5.63. The van der Waals surface area contributed by atoms with Crippen LogP contribution in [0.2, 0.25) is 0 Å². The largest absolute Gasteiger partial charge is 0.395 e. The van der Waals surface area contributed by atoms with Gasteiger partial charge in [-0.1, -0.05) is 25.1 Å². The Bertz CT molecular complexity index is 326. The van der Waals surface area contributed by atoms with E-state index in [1.165, 1.54) is 12.8 Å². The van der Waals surface area contributed by atoms with E-state index in [0.717, 1.165) is 25.9 Å². The lowest BCUT2D eigenvalue weighted by molar-refractivity contribution is -0.130. The molecule has 3 N–H and O–H groups in total. The number of carbonyl (C=O) groups is 1. The molecule has 0 saturated carbocycles. The van der Waals surface area contributed by atoms with Gasteiger partial charge in [-0.3, -0.25) is 9.69 Å². The summed E-state index contributed by atoms with van der Waals surface area (Å²) >= 11 is 4.82. The van der Waals surface area contributed by atoms with Gasteiger partial charge < -0.3 is 15.7 Å². The maximum Gasteiger partial charge on any atom is 0.223 e. The average molecular weight is 301 g/mol. The lowest BCUT2D eigenvalue weighted by Gasteiger charge is -2.28. The third-order valence-electron chi connectivity index (χ3n) is 3.94. The van der Waals surface area contributed by atoms with Crippen LogP contribution in [0.1, 0.15) is 38.5 Å². The Labute approximate surface area is 127 Å². The molecule has 1 aliphatic rings. The van der Waals surface area contributed by atoms with E-state index in [4.69, 9.17) is 18.0 Å². The summed E-state index contributed by atoms with van der Waals surface area (Å²) in [6.45, 7) is 2.47. The third-order valence-corrected chi connectivity index (χ3v) is 4.15. The van der Waals surface area contributed by atoms with Gasteiger partial charge in [0.2, 0.25) is 5.91 Å². The van der Waals surface area contributed by atoms with Crippen LogP contribution in [0, 0.1) is 0 Å². The second kappa shape index (κ2) is 9.26. The van der Waals surface area contributed by atoms with Crippen molar-refractivity contribution in [1.82, 2.24) is 9.80 Å². The van der Waals surface area contributed by atoms with E-state index in [0.29, 0.717) is 24.4 Å². The molecule has 116 valence electrons. The molecule has 1 rings (SSSR count). The number of nitrogens with zero attached hydrogens (tertiary/aromatic N) is 2. The highest BCUT2D eigenvalue weighted by Crippen LogP contribution is 2.16. The summed E-state index contributed by atoms with van der Waals surface area (Å²) in [6, 6.07) is 0.215. The molecule has 1 saturated heterocycles. The summed E-state index contributed by atoms with van der Waals surface area (Å²) in [5.74, 6) is 0.113. The van der Waals surface area contributed by atoms with Gasteiger partial charge in [-0.2, -0.15) is 0 Å². The maximum atomic E-state index is 12.0. The summed E-state index contributed by atoms with van der Waals surface area (Å²) in [5, 5.41) is 9.44. The van der Waals surface area contributed by atoms with Crippen molar-refractivity contribution in [3.63, 3.8) is 0 Å². The fourth-order valence-electron chi connectivity index (χ4n) is 2.57. The van der Waals surface area contributed by atoms with Crippen LogP contribution in [0.5, 0.6) is 0 Å². The molecule has 0 aromatic heterocycles. The van der Waals surface area contributed by atoms with Crippen molar-refractivity contribution in [2.75, 3.05) is 33.3 Å². The number of thiocarbonyl (C=S) groups is 1. The van der Waals surface area contributed by atoms with E-state index in [-0.39, 0.29) is 18.6 Å². The molecule has 0 radical (unpaired) electrons. The van der Waals surface area contributed by atoms with Gasteiger partial charge in [0.1, 0.15) is 0 Å². The number of carbonyl (C=O) groups excluding carboxylic acids is 1. The van der Waals surface area contributed by atoms with Gasteiger partial charge in [0, 0.05) is 39.0 Å². The zero-order valence-electron chi connectivity index (χ0n) is 12.4. The van der Waals surface area contributed by atoms with Gasteiger partial charge in [0.05, 0.1) is 11.6 Å². The first-order valence-corrected chi connectivity index (χ1v) is 7.82. The second-order valence-corrected chi connectivity index (χ2v) is 6.03. The number of nitrogens with two attached hydrogens (primary N) is 1. The smallest absolute Gasteiger partial charge is 0.223 e. The second-order valence-electron chi connectivity index (χ2n) is 5.50. The molecule has 0 aromatic rings. The van der Waals surface area contributed by atoms with Gasteiger partial charge in [0.15, 0.2) is 0 Å². The highest BCUT2D eigenvalue weighted by atomic mass is 32.1. The standard InChI is InChI=1S/C14H27N3O2S/c1-16(9-6-13(15)20)14(19)7-10-17-8-4-2-3-5-12(17)11-18/h12,18H,2-11H2,1H3,(H2,15,20). The minimum Gasteiger partial charge on any atom is -0.395 e. The van der Waals surface area contributed by atoms with Crippen molar-refractivity contribution in [2.45, 2.75) is 44.6 Å². The predicted molar refractivity (Wildman–Crippen MR) is 84.6 cm³/mol. The molecule has 5 nitrogen and oxygen atoms in total. The number of rotatable bonds is 7. The van der Waals surface area contributed by atoms with E-state index in [1.54, 1.807) is 11.9 Å². The SMILES string of the molecule is CN(CCC(N)=S)C(=O)CCN1CCCCCC1CO. The monoisotopic (exact) mass is 301 g/mol. The van der Waals surface area contributed by atoms with Gasteiger partial charge in [-0.15, -0.1) is 0 Å². The molecule has 0 spiro atoms. The zero-order valence-corrected chi connectivity index (χ0v) is 13.2. The molecule has 1 atom stereocenters. The van der Waals surface area contributed by atoms with Crippen LogP contribution in [0.25, 0.3) is 0 Å². The number of likely N-dealkylation sites (tertiary alicyclic amines) is 1. The van der Waals surface area contributed by atoms with Crippen molar-refractivity contribution in [2.24, 2.45) is 5.73 Å². The van der Waals surface area contributed by atoms with Crippen LogP contribution in [-0.2, 0) is 4.79 Å². The van der Waals surface area contributed by atoms with E-state index >= 15 is 0 Å². The Hall–Kier alpha value is -0.720. The molecule has 1 unspecified atom stereocenters. The number of amides is 1. The normalized spacial score (nSPS) is 20.4. The summed E-state index contributed by atoms with van der Waals surface area (Å²) in [5.41, 5.74) is 5.44. The fraction of sp³-hybridized carbons (Fsp3) is 0.857. The van der Waals surface area contributed by atoms with Crippen molar-refractivity contribution >= 4 is 23.1 Å². The Balaban J connectivity index is 2.35. The first-order chi connectivity index (χ1) is 9.54. The van der Waals surface area contributed by atoms with Crippen LogP contribution >= 0.6 is 12.2 Å². The maximum absolute atomic E-state index is 12.0. The number of hydrogen-bond donors (Lipinski definition) is 2. The minimum absolute atomic E-state index is 0.113. The molecule has 20 heavy (non-hydrogen) atoms. The van der Waals surface area contributed by atoms with Crippen LogP contribution in [0.3, 0.4) is 0 Å². The van der Waals surface area contributed by atoms with Crippen molar-refractivity contribution in [1.29, 1.82) is 0 Å². The first kappa shape index (κ1) is 17.3. The number of aliphatic hydroxyl groups is 1. The molecule has 1 fully saturated rings. The highest BCUT2D eigenvalue weighted by molar-refractivity contribution is 7.80. The fourth-order valence-corrected chi connectivity index (χ4v) is 2.66. The first-order valence-electron chi connectivity index (χ1n) is 7.41. The van der Waals surface area contributed by atoms with Crippen molar-refractivity contribution in [3.8, 4) is 0 Å². The van der Waals surface area contributed by atoms with E-state index < -0.39 is 0 Å². The average Bonchev–Trinajstić information content (AvgIpc) is 2.66. The van der Waals surface area contributed by atoms with E-state index in [1.807, 2.05) is 0 Å². The Morgan fingerprint density at radius 3 is 2.80 bits per heavy atom. The van der Waals surface area contributed by atoms with E-state index in [9.17, 15) is 9.90 Å². The van der Waals surface area contributed by atoms with E-state index in [2.05, 4.69) is 4.90 Å². The third kappa shape index (κ3) is 6.15. The lowest BCUT2D eigenvalue weighted by atomic mass is 10.1. The topological polar surface area (TPSA) is 69.8 Å². The molecule has 1 heterocycles. The summed E-state index contributed by atoms with van der Waals surface area (Å²) in [4.78, 5) is 16.4. The molecule has 0 aromatic carbocycles.